The van der Waals surface area contributed by atoms with Crippen LogP contribution in [0.4, 0.5) is 4.39 Å². The second kappa shape index (κ2) is 6.44. The van der Waals surface area contributed by atoms with Crippen molar-refractivity contribution in [2.45, 2.75) is 16.9 Å². The Morgan fingerprint density at radius 1 is 1.29 bits per heavy atom. The van der Waals surface area contributed by atoms with Gasteiger partial charge in [0.15, 0.2) is 0 Å². The summed E-state index contributed by atoms with van der Waals surface area (Å²) >= 11 is 3.23. The van der Waals surface area contributed by atoms with Crippen LogP contribution in [0.1, 0.15) is 12.0 Å². The van der Waals surface area contributed by atoms with Crippen molar-refractivity contribution in [3.05, 3.63) is 58.3 Å². The maximum absolute atomic E-state index is 13.3. The highest BCUT2D eigenvalue weighted by Gasteiger charge is 2.37. The number of halogens is 2. The number of fused-ring (bicyclic) bond motifs is 1. The summed E-state index contributed by atoms with van der Waals surface area (Å²) in [6.45, 7) is -0.0601. The minimum atomic E-state index is -3.79. The zero-order valence-corrected chi connectivity index (χ0v) is 14.9. The molecule has 3 rings (SSSR count). The van der Waals surface area contributed by atoms with Crippen molar-refractivity contribution in [1.29, 1.82) is 0 Å². The molecule has 0 fully saturated rings. The maximum atomic E-state index is 13.3. The van der Waals surface area contributed by atoms with Crippen molar-refractivity contribution < 1.29 is 22.7 Å². The minimum absolute atomic E-state index is 0.0897. The molecule has 0 amide bonds. The lowest BCUT2D eigenvalue weighted by Crippen LogP contribution is -2.43. The van der Waals surface area contributed by atoms with Crippen LogP contribution < -0.4 is 9.46 Å². The third kappa shape index (κ3) is 3.46. The quantitative estimate of drug-likeness (QED) is 0.804. The third-order valence-corrected chi connectivity index (χ3v) is 5.77. The van der Waals surface area contributed by atoms with Gasteiger partial charge in [-0.25, -0.2) is 17.5 Å². The Labute approximate surface area is 147 Å². The summed E-state index contributed by atoms with van der Waals surface area (Å²) in [6.07, 6.45) is 0.201. The minimum Gasteiger partial charge on any atom is -0.493 e. The molecule has 1 atom stereocenters. The molecular weight excluding hydrogens is 401 g/mol. The van der Waals surface area contributed by atoms with Crippen molar-refractivity contribution in [3.8, 4) is 5.75 Å². The fraction of sp³-hybridized carbons (Fsp3) is 0.250. The van der Waals surface area contributed by atoms with E-state index in [0.717, 1.165) is 0 Å². The monoisotopic (exact) mass is 415 g/mol. The lowest BCUT2D eigenvalue weighted by atomic mass is 9.88. The highest BCUT2D eigenvalue weighted by atomic mass is 79.9. The molecule has 1 unspecified atom stereocenters. The van der Waals surface area contributed by atoms with Gasteiger partial charge in [0, 0.05) is 29.1 Å². The number of nitrogens with one attached hydrogen (secondary N) is 1. The van der Waals surface area contributed by atoms with Crippen molar-refractivity contribution in [3.63, 3.8) is 0 Å². The molecule has 2 N–H and O–H groups in total. The standard InChI is InChI=1S/C16H15BrFNO4S/c17-11-2-1-3-13(8-11)24(21,22)19-10-16(20)6-7-23-15-9-12(18)4-5-14(15)16/h1-5,8-9,19-20H,6-7,10H2. The largest absolute Gasteiger partial charge is 0.493 e. The smallest absolute Gasteiger partial charge is 0.240 e. The summed E-state index contributed by atoms with van der Waals surface area (Å²) in [7, 11) is -3.79. The molecule has 0 aromatic heterocycles. The summed E-state index contributed by atoms with van der Waals surface area (Å²) in [5.74, 6) is -0.252. The molecule has 0 radical (unpaired) electrons. The highest BCUT2D eigenvalue weighted by molar-refractivity contribution is 9.10. The van der Waals surface area contributed by atoms with E-state index < -0.39 is 21.4 Å². The SMILES string of the molecule is O=S(=O)(NCC1(O)CCOc2cc(F)ccc21)c1cccc(Br)c1. The van der Waals surface area contributed by atoms with E-state index in [1.54, 1.807) is 12.1 Å². The second-order valence-electron chi connectivity index (χ2n) is 5.55. The number of hydrogen-bond donors (Lipinski definition) is 2. The van der Waals surface area contributed by atoms with E-state index in [0.29, 0.717) is 10.0 Å². The zero-order chi connectivity index (χ0) is 17.4. The van der Waals surface area contributed by atoms with Gasteiger partial charge in [-0.3, -0.25) is 0 Å². The van der Waals surface area contributed by atoms with Crippen LogP contribution in [-0.4, -0.2) is 26.7 Å². The van der Waals surface area contributed by atoms with E-state index in [4.69, 9.17) is 4.74 Å². The molecule has 0 spiro atoms. The summed E-state index contributed by atoms with van der Waals surface area (Å²) in [5, 5.41) is 10.8. The normalized spacial score (nSPS) is 20.3. The van der Waals surface area contributed by atoms with Crippen LogP contribution in [0.2, 0.25) is 0 Å². The lowest BCUT2D eigenvalue weighted by molar-refractivity contribution is 0.00202. The summed E-state index contributed by atoms with van der Waals surface area (Å²) in [4.78, 5) is 0.0897. The first-order valence-electron chi connectivity index (χ1n) is 7.21. The van der Waals surface area contributed by atoms with Gasteiger partial charge in [0.1, 0.15) is 17.2 Å². The molecule has 0 aliphatic carbocycles. The number of ether oxygens (including phenoxy) is 1. The topological polar surface area (TPSA) is 75.6 Å². The van der Waals surface area contributed by atoms with E-state index in [2.05, 4.69) is 20.7 Å². The lowest BCUT2D eigenvalue weighted by Gasteiger charge is -2.34. The van der Waals surface area contributed by atoms with E-state index in [1.165, 1.54) is 30.3 Å². The van der Waals surface area contributed by atoms with E-state index >= 15 is 0 Å². The fourth-order valence-electron chi connectivity index (χ4n) is 2.58. The molecule has 8 heteroatoms. The van der Waals surface area contributed by atoms with Gasteiger partial charge < -0.3 is 9.84 Å². The van der Waals surface area contributed by atoms with Crippen LogP contribution in [0.15, 0.2) is 51.8 Å². The molecule has 0 saturated heterocycles. The Bertz CT molecular complexity index is 874. The average Bonchev–Trinajstić information content (AvgIpc) is 2.53. The molecule has 2 aromatic carbocycles. The van der Waals surface area contributed by atoms with Crippen molar-refractivity contribution in [1.82, 2.24) is 4.72 Å². The molecule has 128 valence electrons. The van der Waals surface area contributed by atoms with Gasteiger partial charge in [-0.2, -0.15) is 0 Å². The Morgan fingerprint density at radius 3 is 2.83 bits per heavy atom. The van der Waals surface area contributed by atoms with Gasteiger partial charge in [0.25, 0.3) is 0 Å². The summed E-state index contributed by atoms with van der Waals surface area (Å²) in [5.41, 5.74) is -1.09. The van der Waals surface area contributed by atoms with Gasteiger partial charge in [-0.05, 0) is 30.3 Å². The van der Waals surface area contributed by atoms with Crippen molar-refractivity contribution in [2.75, 3.05) is 13.2 Å². The Morgan fingerprint density at radius 2 is 2.08 bits per heavy atom. The first-order chi connectivity index (χ1) is 11.3. The highest BCUT2D eigenvalue weighted by Crippen LogP contribution is 2.37. The third-order valence-electron chi connectivity index (χ3n) is 3.88. The maximum Gasteiger partial charge on any atom is 0.240 e. The molecular formula is C16H15BrFNO4S. The molecule has 5 nitrogen and oxygen atoms in total. The van der Waals surface area contributed by atoms with Crippen molar-refractivity contribution >= 4 is 26.0 Å². The van der Waals surface area contributed by atoms with E-state index in [-0.39, 0.29) is 30.2 Å². The molecule has 1 heterocycles. The Balaban J connectivity index is 1.84. The number of rotatable bonds is 4. The molecule has 0 saturated carbocycles. The molecule has 0 bridgehead atoms. The molecule has 24 heavy (non-hydrogen) atoms. The Kier molecular flexibility index (Phi) is 4.65. The fourth-order valence-corrected chi connectivity index (χ4v) is 4.27. The number of sulfonamides is 1. The van der Waals surface area contributed by atoms with Gasteiger partial charge >= 0.3 is 0 Å². The van der Waals surface area contributed by atoms with Gasteiger partial charge in [-0.1, -0.05) is 22.0 Å². The first kappa shape index (κ1) is 17.3. The van der Waals surface area contributed by atoms with Gasteiger partial charge in [0.05, 0.1) is 11.5 Å². The number of benzene rings is 2. The van der Waals surface area contributed by atoms with Crippen LogP contribution in [0.5, 0.6) is 5.75 Å². The zero-order valence-electron chi connectivity index (χ0n) is 12.5. The Hall–Kier alpha value is -1.48. The van der Waals surface area contributed by atoms with Crippen LogP contribution in [0, 0.1) is 5.82 Å². The predicted octanol–water partition coefficient (Wildman–Crippen LogP) is 2.54. The number of aliphatic hydroxyl groups is 1. The first-order valence-corrected chi connectivity index (χ1v) is 9.48. The summed E-state index contributed by atoms with van der Waals surface area (Å²) < 4.78 is 46.5. The summed E-state index contributed by atoms with van der Waals surface area (Å²) in [6, 6.07) is 10.1. The number of hydrogen-bond acceptors (Lipinski definition) is 4. The van der Waals surface area contributed by atoms with E-state index in [9.17, 15) is 17.9 Å². The van der Waals surface area contributed by atoms with Crippen LogP contribution in [0.25, 0.3) is 0 Å². The average molecular weight is 416 g/mol. The molecule has 1 aliphatic heterocycles. The van der Waals surface area contributed by atoms with Crippen LogP contribution in [-0.2, 0) is 15.6 Å². The second-order valence-corrected chi connectivity index (χ2v) is 8.24. The molecule has 1 aliphatic rings. The van der Waals surface area contributed by atoms with E-state index in [1.807, 2.05) is 0 Å². The van der Waals surface area contributed by atoms with Crippen LogP contribution >= 0.6 is 15.9 Å². The predicted molar refractivity (Wildman–Crippen MR) is 89.7 cm³/mol. The molecule has 2 aromatic rings. The van der Waals surface area contributed by atoms with Gasteiger partial charge in [0.2, 0.25) is 10.0 Å². The van der Waals surface area contributed by atoms with Crippen LogP contribution in [0.3, 0.4) is 0 Å². The van der Waals surface area contributed by atoms with Gasteiger partial charge in [-0.15, -0.1) is 0 Å². The van der Waals surface area contributed by atoms with Crippen molar-refractivity contribution in [2.24, 2.45) is 0 Å².